The third-order valence-corrected chi connectivity index (χ3v) is 5.09. The van der Waals surface area contributed by atoms with Crippen LogP contribution in [0.5, 0.6) is 0 Å². The summed E-state index contributed by atoms with van der Waals surface area (Å²) in [6.07, 6.45) is 2.47. The lowest BCUT2D eigenvalue weighted by Crippen LogP contribution is -2.38. The summed E-state index contributed by atoms with van der Waals surface area (Å²) in [6.45, 7) is 4.90. The number of rotatable bonds is 9. The van der Waals surface area contributed by atoms with Crippen LogP contribution in [0.25, 0.3) is 0 Å². The minimum absolute atomic E-state index is 0.0720. The van der Waals surface area contributed by atoms with Crippen molar-refractivity contribution in [2.24, 2.45) is 4.99 Å². The maximum absolute atomic E-state index is 13.6. The zero-order chi connectivity index (χ0) is 20.4. The third-order valence-electron chi connectivity index (χ3n) is 3.82. The molecule has 0 bridgehead atoms. The number of benzene rings is 1. The summed E-state index contributed by atoms with van der Waals surface area (Å²) in [5.41, 5.74) is 1.62. The fourth-order valence-electron chi connectivity index (χ4n) is 2.36. The van der Waals surface area contributed by atoms with Crippen molar-refractivity contribution in [3.63, 3.8) is 0 Å². The van der Waals surface area contributed by atoms with Crippen molar-refractivity contribution in [2.75, 3.05) is 30.1 Å². The van der Waals surface area contributed by atoms with Crippen LogP contribution in [0.4, 0.5) is 10.1 Å². The molecule has 0 saturated carbocycles. The monoisotopic (exact) mass is 407 g/mol. The summed E-state index contributed by atoms with van der Waals surface area (Å²) in [6, 6.07) is 9.96. The highest BCUT2D eigenvalue weighted by molar-refractivity contribution is 7.92. The van der Waals surface area contributed by atoms with Gasteiger partial charge in [0.1, 0.15) is 5.82 Å². The number of halogens is 1. The van der Waals surface area contributed by atoms with Crippen LogP contribution in [-0.2, 0) is 16.4 Å². The number of hydrogen-bond donors (Lipinski definition) is 3. The van der Waals surface area contributed by atoms with E-state index in [1.165, 1.54) is 18.2 Å². The lowest BCUT2D eigenvalue weighted by molar-refractivity contribution is 0.600. The molecule has 28 heavy (non-hydrogen) atoms. The molecule has 0 fully saturated rings. The second-order valence-corrected chi connectivity index (χ2v) is 7.99. The highest BCUT2D eigenvalue weighted by Gasteiger charge is 2.11. The van der Waals surface area contributed by atoms with Crippen molar-refractivity contribution in [2.45, 2.75) is 20.3 Å². The molecule has 2 rings (SSSR count). The van der Waals surface area contributed by atoms with Gasteiger partial charge in [0, 0.05) is 31.4 Å². The first-order valence-electron chi connectivity index (χ1n) is 9.08. The summed E-state index contributed by atoms with van der Waals surface area (Å²) < 4.78 is 40.3. The Morgan fingerprint density at radius 2 is 2.04 bits per heavy atom. The fraction of sp³-hybridized carbons (Fsp3) is 0.368. The zero-order valence-electron chi connectivity index (χ0n) is 16.1. The van der Waals surface area contributed by atoms with E-state index in [4.69, 9.17) is 0 Å². The molecule has 0 radical (unpaired) electrons. The summed E-state index contributed by atoms with van der Waals surface area (Å²) in [7, 11) is -3.63. The van der Waals surface area contributed by atoms with Gasteiger partial charge in [-0.2, -0.15) is 0 Å². The average Bonchev–Trinajstić information content (AvgIpc) is 2.65. The maximum atomic E-state index is 13.6. The molecule has 1 aromatic heterocycles. The Balaban J connectivity index is 1.86. The average molecular weight is 408 g/mol. The molecular formula is C19H26FN5O2S. The number of nitrogens with one attached hydrogen (secondary N) is 3. The second-order valence-electron chi connectivity index (χ2n) is 6.14. The summed E-state index contributed by atoms with van der Waals surface area (Å²) in [5.74, 6) is -0.126. The van der Waals surface area contributed by atoms with Gasteiger partial charge in [-0.1, -0.05) is 12.1 Å². The molecule has 0 saturated heterocycles. The molecule has 7 nitrogen and oxygen atoms in total. The van der Waals surface area contributed by atoms with E-state index in [1.54, 1.807) is 13.1 Å². The predicted molar refractivity (Wildman–Crippen MR) is 110 cm³/mol. The van der Waals surface area contributed by atoms with Gasteiger partial charge < -0.3 is 10.6 Å². The fourth-order valence-corrected chi connectivity index (χ4v) is 3.28. The number of hydrogen-bond acceptors (Lipinski definition) is 4. The van der Waals surface area contributed by atoms with Crippen LogP contribution in [0.1, 0.15) is 18.2 Å². The number of aromatic nitrogens is 1. The van der Waals surface area contributed by atoms with Crippen molar-refractivity contribution >= 4 is 21.7 Å². The van der Waals surface area contributed by atoms with Crippen LogP contribution < -0.4 is 15.4 Å². The normalized spacial score (nSPS) is 11.9. The summed E-state index contributed by atoms with van der Waals surface area (Å²) >= 11 is 0. The largest absolute Gasteiger partial charge is 0.357 e. The standard InChI is InChI=1S/C19H26FN5O2S/c1-3-21-19(23-11-9-16-6-4-5-10-22-16)24-12-13-28(26,27)25-17-8-7-15(2)18(20)14-17/h4-8,10,14,25H,3,9,11-13H2,1-2H3,(H2,21,23,24). The van der Waals surface area contributed by atoms with Crippen LogP contribution in [0.15, 0.2) is 47.6 Å². The van der Waals surface area contributed by atoms with Crippen LogP contribution in [-0.4, -0.2) is 44.7 Å². The first-order valence-corrected chi connectivity index (χ1v) is 10.7. The number of aryl methyl sites for hydroxylation is 1. The Kier molecular flexibility index (Phi) is 8.19. The lowest BCUT2D eigenvalue weighted by Gasteiger charge is -2.11. The van der Waals surface area contributed by atoms with Gasteiger partial charge in [0.15, 0.2) is 5.96 Å². The van der Waals surface area contributed by atoms with Gasteiger partial charge in [-0.15, -0.1) is 0 Å². The number of anilines is 1. The number of nitrogens with zero attached hydrogens (tertiary/aromatic N) is 2. The molecule has 2 aromatic rings. The van der Waals surface area contributed by atoms with Crippen LogP contribution in [0, 0.1) is 12.7 Å². The molecule has 0 unspecified atom stereocenters. The van der Waals surface area contributed by atoms with E-state index in [1.807, 2.05) is 25.1 Å². The Morgan fingerprint density at radius 1 is 1.21 bits per heavy atom. The molecule has 1 aromatic carbocycles. The SMILES string of the molecule is CCNC(=NCCS(=O)(=O)Nc1ccc(C)c(F)c1)NCCc1ccccn1. The van der Waals surface area contributed by atoms with Gasteiger partial charge in [-0.05, 0) is 43.7 Å². The van der Waals surface area contributed by atoms with Crippen LogP contribution in [0.3, 0.4) is 0 Å². The number of sulfonamides is 1. The quantitative estimate of drug-likeness (QED) is 0.437. The van der Waals surface area contributed by atoms with Gasteiger partial charge in [0.05, 0.1) is 18.0 Å². The molecule has 0 amide bonds. The third kappa shape index (κ3) is 7.51. The molecule has 0 aliphatic heterocycles. The Hall–Kier alpha value is -2.68. The van der Waals surface area contributed by atoms with E-state index < -0.39 is 15.8 Å². The molecule has 0 spiro atoms. The Labute approximate surface area is 165 Å². The van der Waals surface area contributed by atoms with Gasteiger partial charge in [0.2, 0.25) is 10.0 Å². The Morgan fingerprint density at radius 3 is 2.71 bits per heavy atom. The minimum Gasteiger partial charge on any atom is -0.357 e. The van der Waals surface area contributed by atoms with Crippen LogP contribution >= 0.6 is 0 Å². The molecular weight excluding hydrogens is 381 g/mol. The van der Waals surface area contributed by atoms with Crippen molar-refractivity contribution < 1.29 is 12.8 Å². The predicted octanol–water partition coefficient (Wildman–Crippen LogP) is 2.07. The van der Waals surface area contributed by atoms with Crippen molar-refractivity contribution in [1.29, 1.82) is 0 Å². The molecule has 152 valence electrons. The van der Waals surface area contributed by atoms with Gasteiger partial charge >= 0.3 is 0 Å². The van der Waals surface area contributed by atoms with E-state index >= 15 is 0 Å². The molecule has 0 aliphatic carbocycles. The molecule has 0 atom stereocenters. The van der Waals surface area contributed by atoms with Gasteiger partial charge in [-0.3, -0.25) is 14.7 Å². The minimum atomic E-state index is -3.63. The number of pyridine rings is 1. The number of guanidine groups is 1. The second kappa shape index (κ2) is 10.6. The first kappa shape index (κ1) is 21.6. The van der Waals surface area contributed by atoms with E-state index in [0.717, 1.165) is 12.1 Å². The summed E-state index contributed by atoms with van der Waals surface area (Å²) in [4.78, 5) is 8.54. The molecule has 9 heteroatoms. The smallest absolute Gasteiger partial charge is 0.234 e. The lowest BCUT2D eigenvalue weighted by atomic mass is 10.2. The molecule has 3 N–H and O–H groups in total. The number of aliphatic imine (C=N–C) groups is 1. The van der Waals surface area contributed by atoms with E-state index in [2.05, 4.69) is 25.3 Å². The first-order chi connectivity index (χ1) is 13.4. The highest BCUT2D eigenvalue weighted by Crippen LogP contribution is 2.14. The molecule has 0 aliphatic rings. The van der Waals surface area contributed by atoms with E-state index in [-0.39, 0.29) is 18.0 Å². The maximum Gasteiger partial charge on any atom is 0.234 e. The molecule has 1 heterocycles. The topological polar surface area (TPSA) is 95.5 Å². The van der Waals surface area contributed by atoms with Crippen LogP contribution in [0.2, 0.25) is 0 Å². The highest BCUT2D eigenvalue weighted by atomic mass is 32.2. The van der Waals surface area contributed by atoms with Crippen molar-refractivity contribution in [3.8, 4) is 0 Å². The van der Waals surface area contributed by atoms with E-state index in [0.29, 0.717) is 24.6 Å². The van der Waals surface area contributed by atoms with Crippen molar-refractivity contribution in [3.05, 3.63) is 59.7 Å². The van der Waals surface area contributed by atoms with Gasteiger partial charge in [-0.25, -0.2) is 12.8 Å². The summed E-state index contributed by atoms with van der Waals surface area (Å²) in [5, 5.41) is 6.23. The van der Waals surface area contributed by atoms with Gasteiger partial charge in [0.25, 0.3) is 0 Å². The van der Waals surface area contributed by atoms with Crippen molar-refractivity contribution in [1.82, 2.24) is 15.6 Å². The zero-order valence-corrected chi connectivity index (χ0v) is 16.9. The van der Waals surface area contributed by atoms with E-state index in [9.17, 15) is 12.8 Å². The Bertz CT molecular complexity index is 888.